The molecule has 5 heteroatoms. The molecule has 0 saturated heterocycles. The Morgan fingerprint density at radius 1 is 1.24 bits per heavy atom. The van der Waals surface area contributed by atoms with E-state index in [9.17, 15) is 9.59 Å². The van der Waals surface area contributed by atoms with E-state index in [0.717, 1.165) is 15.6 Å². The number of benzene rings is 1. The molecule has 1 aliphatic rings. The molecule has 2 rings (SSSR count). The van der Waals surface area contributed by atoms with Gasteiger partial charge in [0.25, 0.3) is 0 Å². The third kappa shape index (κ3) is 4.30. The second-order valence-electron chi connectivity index (χ2n) is 5.68. The largest absolute Gasteiger partial charge is 0.481 e. The number of amides is 1. The maximum atomic E-state index is 12.2. The zero-order valence-corrected chi connectivity index (χ0v) is 13.6. The highest BCUT2D eigenvalue weighted by Gasteiger charge is 2.29. The number of aryl methyl sites for hydroxylation is 1. The third-order valence-corrected chi connectivity index (χ3v) is 4.70. The lowest BCUT2D eigenvalue weighted by molar-refractivity contribution is -0.144. The molecule has 1 aliphatic carbocycles. The van der Waals surface area contributed by atoms with Gasteiger partial charge in [0.1, 0.15) is 0 Å². The summed E-state index contributed by atoms with van der Waals surface area (Å²) < 4.78 is 1.03. The summed E-state index contributed by atoms with van der Waals surface area (Å²) in [7, 11) is 0. The van der Waals surface area contributed by atoms with Crippen LogP contribution in [-0.2, 0) is 16.1 Å². The normalized spacial score (nSPS) is 21.8. The number of nitrogens with one attached hydrogen (secondary N) is 1. The minimum Gasteiger partial charge on any atom is -0.481 e. The summed E-state index contributed by atoms with van der Waals surface area (Å²) in [5.74, 6) is -1.01. The highest BCUT2D eigenvalue weighted by molar-refractivity contribution is 9.10. The summed E-state index contributed by atoms with van der Waals surface area (Å²) in [6, 6.07) is 5.99. The molecule has 4 nitrogen and oxygen atoms in total. The molecule has 2 N–H and O–H groups in total. The zero-order chi connectivity index (χ0) is 15.4. The molecular weight excluding hydrogens is 334 g/mol. The van der Waals surface area contributed by atoms with Gasteiger partial charge >= 0.3 is 5.97 Å². The third-order valence-electron chi connectivity index (χ3n) is 4.20. The van der Waals surface area contributed by atoms with Gasteiger partial charge in [-0.2, -0.15) is 0 Å². The molecule has 1 saturated carbocycles. The van der Waals surface area contributed by atoms with E-state index in [-0.39, 0.29) is 17.7 Å². The molecule has 0 aliphatic heterocycles. The van der Waals surface area contributed by atoms with Crippen LogP contribution in [0.15, 0.2) is 22.7 Å². The molecule has 0 atom stereocenters. The van der Waals surface area contributed by atoms with Gasteiger partial charge in [-0.25, -0.2) is 0 Å². The van der Waals surface area contributed by atoms with Crippen molar-refractivity contribution in [2.75, 3.05) is 0 Å². The number of hydrogen-bond donors (Lipinski definition) is 2. The Morgan fingerprint density at radius 2 is 1.86 bits per heavy atom. The van der Waals surface area contributed by atoms with Crippen LogP contribution in [0.5, 0.6) is 0 Å². The van der Waals surface area contributed by atoms with Crippen LogP contribution in [-0.4, -0.2) is 17.0 Å². The monoisotopic (exact) mass is 353 g/mol. The van der Waals surface area contributed by atoms with Crippen LogP contribution in [0.1, 0.15) is 36.8 Å². The standard InChI is InChI=1S/C16H20BrNO3/c1-10-8-14(17)7-6-13(10)9-18-15(19)11-2-4-12(5-3-11)16(20)21/h6-8,11-12H,2-5,9H2,1H3,(H,18,19)(H,20,21). The van der Waals surface area contributed by atoms with Crippen LogP contribution in [0.2, 0.25) is 0 Å². The zero-order valence-electron chi connectivity index (χ0n) is 12.1. The van der Waals surface area contributed by atoms with E-state index in [2.05, 4.69) is 21.2 Å². The molecule has 0 unspecified atom stereocenters. The van der Waals surface area contributed by atoms with Crippen molar-refractivity contribution in [1.82, 2.24) is 5.32 Å². The van der Waals surface area contributed by atoms with E-state index in [1.807, 2.05) is 25.1 Å². The quantitative estimate of drug-likeness (QED) is 0.872. The van der Waals surface area contributed by atoms with Gasteiger partial charge in [-0.05, 0) is 55.9 Å². The molecule has 0 aromatic heterocycles. The van der Waals surface area contributed by atoms with Crippen LogP contribution >= 0.6 is 15.9 Å². The maximum Gasteiger partial charge on any atom is 0.306 e. The van der Waals surface area contributed by atoms with E-state index in [4.69, 9.17) is 5.11 Å². The number of carboxylic acids is 1. The van der Waals surface area contributed by atoms with Crippen molar-refractivity contribution in [1.29, 1.82) is 0 Å². The Hall–Kier alpha value is -1.36. The van der Waals surface area contributed by atoms with Crippen LogP contribution in [0, 0.1) is 18.8 Å². The fraction of sp³-hybridized carbons (Fsp3) is 0.500. The molecule has 0 radical (unpaired) electrons. The fourth-order valence-electron chi connectivity index (χ4n) is 2.79. The topological polar surface area (TPSA) is 66.4 Å². The Kier molecular flexibility index (Phi) is 5.39. The molecule has 114 valence electrons. The minimum atomic E-state index is -0.737. The van der Waals surface area contributed by atoms with Crippen molar-refractivity contribution < 1.29 is 14.7 Å². The first-order valence-electron chi connectivity index (χ1n) is 7.23. The van der Waals surface area contributed by atoms with Gasteiger partial charge in [0.05, 0.1) is 5.92 Å². The Balaban J connectivity index is 1.84. The highest BCUT2D eigenvalue weighted by atomic mass is 79.9. The lowest BCUT2D eigenvalue weighted by Crippen LogP contribution is -2.34. The maximum absolute atomic E-state index is 12.2. The summed E-state index contributed by atoms with van der Waals surface area (Å²) in [5.41, 5.74) is 2.24. The number of carboxylic acid groups (broad SMARTS) is 1. The van der Waals surface area contributed by atoms with Crippen molar-refractivity contribution in [3.05, 3.63) is 33.8 Å². The summed E-state index contributed by atoms with van der Waals surface area (Å²) in [6.45, 7) is 2.54. The van der Waals surface area contributed by atoms with E-state index in [0.29, 0.717) is 32.2 Å². The number of halogens is 1. The Bertz CT molecular complexity index is 536. The molecule has 1 aromatic carbocycles. The average molecular weight is 354 g/mol. The van der Waals surface area contributed by atoms with Crippen LogP contribution in [0.25, 0.3) is 0 Å². The number of carbonyl (C=O) groups excluding carboxylic acids is 1. The lowest BCUT2D eigenvalue weighted by Gasteiger charge is -2.25. The van der Waals surface area contributed by atoms with Crippen molar-refractivity contribution in [2.24, 2.45) is 11.8 Å². The number of hydrogen-bond acceptors (Lipinski definition) is 2. The van der Waals surface area contributed by atoms with Gasteiger partial charge in [-0.1, -0.05) is 22.0 Å². The van der Waals surface area contributed by atoms with Crippen molar-refractivity contribution >= 4 is 27.8 Å². The van der Waals surface area contributed by atoms with Gasteiger partial charge in [-0.3, -0.25) is 9.59 Å². The average Bonchev–Trinajstić information content (AvgIpc) is 2.46. The number of rotatable bonds is 4. The molecular formula is C16H20BrNO3. The molecule has 1 fully saturated rings. The minimum absolute atomic E-state index is 0.0427. The fourth-order valence-corrected chi connectivity index (χ4v) is 3.26. The summed E-state index contributed by atoms with van der Waals surface area (Å²) >= 11 is 3.42. The van der Waals surface area contributed by atoms with E-state index in [1.165, 1.54) is 0 Å². The second-order valence-corrected chi connectivity index (χ2v) is 6.59. The predicted octanol–water partition coefficient (Wildman–Crippen LogP) is 3.26. The van der Waals surface area contributed by atoms with Gasteiger partial charge in [-0.15, -0.1) is 0 Å². The Morgan fingerprint density at radius 3 is 2.43 bits per heavy atom. The van der Waals surface area contributed by atoms with Gasteiger partial charge in [0.15, 0.2) is 0 Å². The molecule has 0 spiro atoms. The summed E-state index contributed by atoms with van der Waals surface area (Å²) in [5, 5.41) is 11.9. The number of aliphatic carboxylic acids is 1. The van der Waals surface area contributed by atoms with Crippen LogP contribution in [0.4, 0.5) is 0 Å². The molecule has 0 heterocycles. The first-order chi connectivity index (χ1) is 9.97. The molecule has 1 amide bonds. The van der Waals surface area contributed by atoms with Crippen molar-refractivity contribution in [3.63, 3.8) is 0 Å². The molecule has 0 bridgehead atoms. The molecule has 21 heavy (non-hydrogen) atoms. The lowest BCUT2D eigenvalue weighted by atomic mass is 9.81. The van der Waals surface area contributed by atoms with E-state index < -0.39 is 5.97 Å². The van der Waals surface area contributed by atoms with Gasteiger partial charge in [0, 0.05) is 16.9 Å². The Labute approximate surface area is 133 Å². The summed E-state index contributed by atoms with van der Waals surface area (Å²) in [6.07, 6.45) is 2.54. The van der Waals surface area contributed by atoms with E-state index >= 15 is 0 Å². The van der Waals surface area contributed by atoms with Gasteiger partial charge < -0.3 is 10.4 Å². The van der Waals surface area contributed by atoms with Crippen molar-refractivity contribution in [3.8, 4) is 0 Å². The smallest absolute Gasteiger partial charge is 0.306 e. The highest BCUT2D eigenvalue weighted by Crippen LogP contribution is 2.29. The van der Waals surface area contributed by atoms with Crippen molar-refractivity contribution in [2.45, 2.75) is 39.2 Å². The number of carbonyl (C=O) groups is 2. The van der Waals surface area contributed by atoms with Gasteiger partial charge in [0.2, 0.25) is 5.91 Å². The summed E-state index contributed by atoms with van der Waals surface area (Å²) in [4.78, 5) is 23.1. The second kappa shape index (κ2) is 7.07. The van der Waals surface area contributed by atoms with Crippen LogP contribution in [0.3, 0.4) is 0 Å². The van der Waals surface area contributed by atoms with E-state index in [1.54, 1.807) is 0 Å². The molecule has 1 aromatic rings. The SMILES string of the molecule is Cc1cc(Br)ccc1CNC(=O)C1CCC(C(=O)O)CC1. The van der Waals surface area contributed by atoms with Crippen LogP contribution < -0.4 is 5.32 Å². The first kappa shape index (κ1) is 16.0. The first-order valence-corrected chi connectivity index (χ1v) is 8.02. The predicted molar refractivity (Wildman–Crippen MR) is 83.8 cm³/mol.